The second-order valence-electron chi connectivity index (χ2n) is 25.6. The first kappa shape index (κ1) is 67.1. The van der Waals surface area contributed by atoms with Crippen LogP contribution < -0.4 is 0 Å². The molecule has 2 heterocycles. The predicted octanol–water partition coefficient (Wildman–Crippen LogP) is 14.0. The number of rotatable bonds is 28. The standard InChI is InChI=1S/C79H86O16/c1-53-67(84-48-55-29-12-3-13-30-55)70(85-49-56-31-14-4-15-32-56)72(86-50-57-33-16-5-17-34-57)78(89-53)95-68-63(59-45-46-59)43-26-44-64(68)91-79-73(94-76(82)62-41-24-9-25-42-62)71(90-65(47-54-27-10-2-11-28-54)77(83)87-51-58-35-18-6-19-36-58)69(93-75(81)61-39-22-8-23-40-61)66(92-79)52-88-74(80)60-37-20-7-21-38-60/h3-9,12-25,29-42,53-54,59,63-73,78-79H,2,10-11,26-28,43-52H2,1H3/t53-,63-,64-,65+,66-,67+,68+,69+,70+,71+,72-,73-,78+,79+/m1/s1. The zero-order valence-electron chi connectivity index (χ0n) is 53.8. The fraction of sp³-hybridized carbons (Fsp3) is 0.418. The Kier molecular flexibility index (Phi) is 23.8. The summed E-state index contributed by atoms with van der Waals surface area (Å²) in [6.07, 6.45) is -5.15. The van der Waals surface area contributed by atoms with E-state index in [0.29, 0.717) is 13.0 Å². The van der Waals surface area contributed by atoms with Gasteiger partial charge in [-0.25, -0.2) is 19.2 Å². The molecule has 0 amide bonds. The third kappa shape index (κ3) is 18.4. The molecule has 14 atom stereocenters. The molecule has 12 rings (SSSR count). The maximum absolute atomic E-state index is 15.0. The number of hydrogen-bond acceptors (Lipinski definition) is 16. The summed E-state index contributed by atoms with van der Waals surface area (Å²) < 4.78 is 83.3. The number of ether oxygens (including phenoxy) is 12. The van der Waals surface area contributed by atoms with Crippen molar-refractivity contribution in [3.05, 3.63) is 251 Å². The number of benzene rings is 7. The Balaban J connectivity index is 0.935. The Labute approximate surface area is 556 Å². The van der Waals surface area contributed by atoms with E-state index in [-0.39, 0.29) is 60.7 Å². The summed E-state index contributed by atoms with van der Waals surface area (Å²) in [5, 5.41) is 0. The molecular weight excluding hydrogens is 1200 g/mol. The van der Waals surface area contributed by atoms with E-state index >= 15 is 4.79 Å². The van der Waals surface area contributed by atoms with Crippen molar-refractivity contribution in [2.75, 3.05) is 6.61 Å². The van der Waals surface area contributed by atoms with Crippen LogP contribution in [0.5, 0.6) is 0 Å². The van der Waals surface area contributed by atoms with Crippen LogP contribution in [0.25, 0.3) is 0 Å². The van der Waals surface area contributed by atoms with Gasteiger partial charge >= 0.3 is 23.9 Å². The highest BCUT2D eigenvalue weighted by atomic mass is 16.8. The average molecular weight is 1290 g/mol. The fourth-order valence-corrected chi connectivity index (χ4v) is 13.7. The molecule has 0 bridgehead atoms. The molecule has 3 aliphatic carbocycles. The van der Waals surface area contributed by atoms with E-state index < -0.39 is 110 Å². The summed E-state index contributed by atoms with van der Waals surface area (Å²) in [5.74, 6) is -2.57. The molecule has 2 aliphatic heterocycles. The van der Waals surface area contributed by atoms with Crippen LogP contribution in [0.4, 0.5) is 0 Å². The van der Waals surface area contributed by atoms with Crippen molar-refractivity contribution in [3.63, 3.8) is 0 Å². The molecule has 2 saturated heterocycles. The molecule has 5 aliphatic rings. The molecule has 0 radical (unpaired) electrons. The van der Waals surface area contributed by atoms with Gasteiger partial charge in [-0.05, 0) is 115 Å². The molecule has 0 spiro atoms. The predicted molar refractivity (Wildman–Crippen MR) is 352 cm³/mol. The van der Waals surface area contributed by atoms with Crippen LogP contribution in [-0.2, 0) is 88.1 Å². The number of esters is 4. The van der Waals surface area contributed by atoms with Gasteiger partial charge < -0.3 is 56.8 Å². The maximum Gasteiger partial charge on any atom is 0.338 e. The molecular formula is C79H86O16. The van der Waals surface area contributed by atoms with Gasteiger partial charge in [0.05, 0.1) is 54.8 Å². The van der Waals surface area contributed by atoms with Crippen molar-refractivity contribution in [2.24, 2.45) is 17.8 Å². The average Bonchev–Trinajstić information content (AvgIpc) is 1.64. The quantitative estimate of drug-likeness (QED) is 0.0334. The lowest BCUT2D eigenvalue weighted by molar-refractivity contribution is -0.357. The molecule has 95 heavy (non-hydrogen) atoms. The Hall–Kier alpha value is -7.90. The van der Waals surface area contributed by atoms with E-state index in [4.69, 9.17) is 56.8 Å². The van der Waals surface area contributed by atoms with Crippen LogP contribution in [0.3, 0.4) is 0 Å². The van der Waals surface area contributed by atoms with Gasteiger partial charge in [0.25, 0.3) is 0 Å². The smallest absolute Gasteiger partial charge is 0.338 e. The van der Waals surface area contributed by atoms with Crippen LogP contribution in [-0.4, -0.2) is 110 Å². The van der Waals surface area contributed by atoms with Crippen LogP contribution >= 0.6 is 0 Å². The molecule has 0 aromatic heterocycles. The second-order valence-corrected chi connectivity index (χ2v) is 25.6. The first-order chi connectivity index (χ1) is 46.7. The van der Waals surface area contributed by atoms with Gasteiger partial charge in [-0.2, -0.15) is 0 Å². The van der Waals surface area contributed by atoms with Crippen molar-refractivity contribution in [2.45, 2.75) is 184 Å². The highest BCUT2D eigenvalue weighted by Gasteiger charge is 2.57. The normalized spacial score (nSPS) is 26.5. The monoisotopic (exact) mass is 1290 g/mol. The topological polar surface area (TPSA) is 179 Å². The largest absolute Gasteiger partial charge is 0.459 e. The number of carbonyl (C=O) groups is 4. The second kappa shape index (κ2) is 33.7. The van der Waals surface area contributed by atoms with Crippen molar-refractivity contribution < 1.29 is 76.0 Å². The van der Waals surface area contributed by atoms with Crippen molar-refractivity contribution in [3.8, 4) is 0 Å². The molecule has 7 aromatic carbocycles. The van der Waals surface area contributed by atoms with E-state index in [1.807, 2.05) is 128 Å². The van der Waals surface area contributed by atoms with Crippen LogP contribution in [0.2, 0.25) is 0 Å². The minimum Gasteiger partial charge on any atom is -0.459 e. The summed E-state index contributed by atoms with van der Waals surface area (Å²) in [7, 11) is 0. The van der Waals surface area contributed by atoms with Crippen molar-refractivity contribution in [1.82, 2.24) is 0 Å². The molecule has 7 aromatic rings. The van der Waals surface area contributed by atoms with E-state index in [2.05, 4.69) is 0 Å². The van der Waals surface area contributed by atoms with Gasteiger partial charge in [0, 0.05) is 0 Å². The van der Waals surface area contributed by atoms with Gasteiger partial charge in [0.15, 0.2) is 30.9 Å². The Morgan fingerprint density at radius 3 is 1.40 bits per heavy atom. The lowest BCUT2D eigenvalue weighted by Gasteiger charge is -2.49. The Bertz CT molecular complexity index is 3470. The van der Waals surface area contributed by atoms with Gasteiger partial charge in [-0.3, -0.25) is 0 Å². The summed E-state index contributed by atoms with van der Waals surface area (Å²) >= 11 is 0. The molecule has 0 N–H and O–H groups in total. The van der Waals surface area contributed by atoms with Crippen LogP contribution in [0.1, 0.15) is 131 Å². The summed E-state index contributed by atoms with van der Waals surface area (Å²) in [6, 6.07) is 64.7. The lowest BCUT2D eigenvalue weighted by atomic mass is 9.81. The SMILES string of the molecule is C[C@H]1O[C@@H](O[C@H]2[C@@H](C3CC3)CCC[C@H]2O[C@H]2O[C@H](COC(=O)c3ccccc3)[C@H](OC(=O)c3ccccc3)[C@H](O[C@@H](CC3CCCCC3)C(=O)OCc3ccccc3)[C@H]2OC(=O)c2ccccc2)[C@H](OCc2ccccc2)[C@@H](OCc2ccccc2)[C@H]1OCc1ccccc1. The van der Waals surface area contributed by atoms with E-state index in [1.165, 1.54) is 0 Å². The lowest BCUT2D eigenvalue weighted by Crippen LogP contribution is -2.65. The molecule has 5 fully saturated rings. The number of hydrogen-bond donors (Lipinski definition) is 0. The number of carbonyl (C=O) groups excluding carboxylic acids is 4. The molecule has 16 heteroatoms. The van der Waals surface area contributed by atoms with Crippen molar-refractivity contribution >= 4 is 23.9 Å². The van der Waals surface area contributed by atoms with E-state index in [1.54, 1.807) is 91.0 Å². The van der Waals surface area contributed by atoms with E-state index in [0.717, 1.165) is 80.0 Å². The summed E-state index contributed by atoms with van der Waals surface area (Å²) in [6.45, 7) is 2.18. The van der Waals surface area contributed by atoms with Crippen LogP contribution in [0, 0.1) is 17.8 Å². The highest BCUT2D eigenvalue weighted by molar-refractivity contribution is 5.90. The zero-order chi connectivity index (χ0) is 65.1. The van der Waals surface area contributed by atoms with E-state index in [9.17, 15) is 14.4 Å². The van der Waals surface area contributed by atoms with Gasteiger partial charge in [0.2, 0.25) is 0 Å². The third-order valence-electron chi connectivity index (χ3n) is 18.8. The zero-order valence-corrected chi connectivity index (χ0v) is 53.8. The first-order valence-corrected chi connectivity index (χ1v) is 33.9. The summed E-state index contributed by atoms with van der Waals surface area (Å²) in [4.78, 5) is 58.9. The minimum absolute atomic E-state index is 0.0411. The van der Waals surface area contributed by atoms with Crippen molar-refractivity contribution in [1.29, 1.82) is 0 Å². The Morgan fingerprint density at radius 2 is 0.874 bits per heavy atom. The minimum atomic E-state index is -1.57. The molecule has 498 valence electrons. The maximum atomic E-state index is 15.0. The Morgan fingerprint density at radius 1 is 0.411 bits per heavy atom. The molecule has 3 saturated carbocycles. The van der Waals surface area contributed by atoms with Gasteiger partial charge in [-0.1, -0.05) is 214 Å². The summed E-state index contributed by atoms with van der Waals surface area (Å²) in [5.41, 5.74) is 4.33. The third-order valence-corrected chi connectivity index (χ3v) is 18.8. The van der Waals surface area contributed by atoms with Gasteiger partial charge in [-0.15, -0.1) is 0 Å². The molecule has 16 nitrogen and oxygen atoms in total. The molecule has 0 unspecified atom stereocenters. The van der Waals surface area contributed by atoms with Gasteiger partial charge in [0.1, 0.15) is 43.7 Å². The highest BCUT2D eigenvalue weighted by Crippen LogP contribution is 2.48. The van der Waals surface area contributed by atoms with Crippen LogP contribution in [0.15, 0.2) is 212 Å². The fourth-order valence-electron chi connectivity index (χ4n) is 13.7. The first-order valence-electron chi connectivity index (χ1n) is 33.9.